The van der Waals surface area contributed by atoms with E-state index in [1.54, 1.807) is 24.3 Å². The summed E-state index contributed by atoms with van der Waals surface area (Å²) in [5.74, 6) is -0.442. The number of fused-ring (bicyclic) bond motifs is 1. The molecular weight excluding hydrogens is 438 g/mol. The van der Waals surface area contributed by atoms with Crippen molar-refractivity contribution in [1.82, 2.24) is 15.5 Å². The van der Waals surface area contributed by atoms with Gasteiger partial charge in [-0.15, -0.1) is 0 Å². The minimum atomic E-state index is -0.268. The number of amides is 3. The van der Waals surface area contributed by atoms with Crippen LogP contribution in [-0.4, -0.2) is 48.8 Å². The van der Waals surface area contributed by atoms with Gasteiger partial charge in [0.05, 0.1) is 10.6 Å². The Balaban J connectivity index is 1.23. The van der Waals surface area contributed by atoms with E-state index < -0.39 is 0 Å². The third-order valence-corrected chi connectivity index (χ3v) is 6.33. The van der Waals surface area contributed by atoms with Gasteiger partial charge in [-0.25, -0.2) is 0 Å². The summed E-state index contributed by atoms with van der Waals surface area (Å²) in [6.45, 7) is 1.74. The van der Waals surface area contributed by atoms with E-state index in [4.69, 9.17) is 11.6 Å². The predicted molar refractivity (Wildman–Crippen MR) is 129 cm³/mol. The number of hydrogen-bond acceptors (Lipinski definition) is 3. The summed E-state index contributed by atoms with van der Waals surface area (Å²) in [6, 6.07) is 20.5. The molecule has 4 rings (SSSR count). The lowest BCUT2D eigenvalue weighted by atomic mass is 9.95. The molecule has 3 aromatic carbocycles. The summed E-state index contributed by atoms with van der Waals surface area (Å²) >= 11 is 6.03. The lowest BCUT2D eigenvalue weighted by molar-refractivity contribution is -0.126. The molecular formula is C26H26ClN3O3. The molecule has 7 heteroatoms. The highest BCUT2D eigenvalue weighted by molar-refractivity contribution is 6.33. The van der Waals surface area contributed by atoms with Gasteiger partial charge in [-0.1, -0.05) is 60.1 Å². The maximum atomic E-state index is 13.1. The summed E-state index contributed by atoms with van der Waals surface area (Å²) in [5.41, 5.74) is 1.11. The average molecular weight is 464 g/mol. The van der Waals surface area contributed by atoms with E-state index in [2.05, 4.69) is 10.6 Å². The zero-order valence-electron chi connectivity index (χ0n) is 18.2. The number of benzene rings is 3. The first kappa shape index (κ1) is 22.8. The van der Waals surface area contributed by atoms with Gasteiger partial charge < -0.3 is 15.5 Å². The smallest absolute Gasteiger partial charge is 0.254 e. The summed E-state index contributed by atoms with van der Waals surface area (Å²) in [4.78, 5) is 39.6. The highest BCUT2D eigenvalue weighted by Crippen LogP contribution is 2.23. The monoisotopic (exact) mass is 463 g/mol. The van der Waals surface area contributed by atoms with E-state index in [-0.39, 0.29) is 23.6 Å². The first-order valence-electron chi connectivity index (χ1n) is 11.1. The number of rotatable bonds is 6. The van der Waals surface area contributed by atoms with Crippen LogP contribution < -0.4 is 10.6 Å². The Labute approximate surface area is 197 Å². The Kier molecular flexibility index (Phi) is 7.25. The molecule has 1 aliphatic heterocycles. The minimum Gasteiger partial charge on any atom is -0.354 e. The Hall–Kier alpha value is -3.38. The van der Waals surface area contributed by atoms with Crippen LogP contribution in [0.4, 0.5) is 0 Å². The van der Waals surface area contributed by atoms with Crippen molar-refractivity contribution in [2.45, 2.75) is 12.8 Å². The zero-order chi connectivity index (χ0) is 23.2. The second kappa shape index (κ2) is 10.5. The van der Waals surface area contributed by atoms with Crippen molar-refractivity contribution in [3.05, 3.63) is 82.9 Å². The van der Waals surface area contributed by atoms with Crippen LogP contribution in [0, 0.1) is 5.92 Å². The topological polar surface area (TPSA) is 78.5 Å². The molecule has 2 N–H and O–H groups in total. The number of carbonyl (C=O) groups is 3. The highest BCUT2D eigenvalue weighted by Gasteiger charge is 2.28. The van der Waals surface area contributed by atoms with E-state index in [1.165, 1.54) is 0 Å². The lowest BCUT2D eigenvalue weighted by Gasteiger charge is -2.31. The number of nitrogens with zero attached hydrogens (tertiary/aromatic N) is 1. The van der Waals surface area contributed by atoms with Crippen molar-refractivity contribution in [3.63, 3.8) is 0 Å². The number of likely N-dealkylation sites (tertiary alicyclic amines) is 1. The number of nitrogens with one attached hydrogen (secondary N) is 2. The minimum absolute atomic E-state index is 0.00735. The molecule has 170 valence electrons. The van der Waals surface area contributed by atoms with Crippen LogP contribution in [0.25, 0.3) is 10.8 Å². The molecule has 0 aliphatic carbocycles. The second-order valence-corrected chi connectivity index (χ2v) is 8.53. The molecule has 1 heterocycles. The van der Waals surface area contributed by atoms with Crippen molar-refractivity contribution < 1.29 is 14.4 Å². The molecule has 33 heavy (non-hydrogen) atoms. The highest BCUT2D eigenvalue weighted by atomic mass is 35.5. The largest absolute Gasteiger partial charge is 0.354 e. The van der Waals surface area contributed by atoms with Crippen molar-refractivity contribution in [2.24, 2.45) is 5.92 Å². The molecule has 0 aromatic heterocycles. The quantitative estimate of drug-likeness (QED) is 0.544. The van der Waals surface area contributed by atoms with Crippen molar-refractivity contribution in [2.75, 3.05) is 26.2 Å². The van der Waals surface area contributed by atoms with E-state index in [9.17, 15) is 14.4 Å². The summed E-state index contributed by atoms with van der Waals surface area (Å²) < 4.78 is 0. The van der Waals surface area contributed by atoms with Gasteiger partial charge in [0.1, 0.15) is 0 Å². The van der Waals surface area contributed by atoms with Crippen LogP contribution in [-0.2, 0) is 4.79 Å². The van der Waals surface area contributed by atoms with Gasteiger partial charge in [0.2, 0.25) is 5.91 Å². The van der Waals surface area contributed by atoms with Gasteiger partial charge in [-0.05, 0) is 41.8 Å². The predicted octanol–water partition coefficient (Wildman–Crippen LogP) is 3.89. The second-order valence-electron chi connectivity index (χ2n) is 8.12. The lowest BCUT2D eigenvalue weighted by Crippen LogP contribution is -2.44. The van der Waals surface area contributed by atoms with E-state index in [1.807, 2.05) is 47.4 Å². The Morgan fingerprint density at radius 2 is 1.45 bits per heavy atom. The van der Waals surface area contributed by atoms with Gasteiger partial charge in [-0.3, -0.25) is 14.4 Å². The molecule has 0 spiro atoms. The third-order valence-electron chi connectivity index (χ3n) is 6.00. The SMILES string of the molecule is O=C(NCCNC(=O)C1CCN(C(=O)c2cccc3ccccc23)CC1)c1ccccc1Cl. The van der Waals surface area contributed by atoms with Crippen molar-refractivity contribution in [1.29, 1.82) is 0 Å². The Bertz CT molecular complexity index is 1170. The molecule has 0 bridgehead atoms. The van der Waals surface area contributed by atoms with Gasteiger partial charge >= 0.3 is 0 Å². The van der Waals surface area contributed by atoms with Gasteiger partial charge in [0, 0.05) is 37.7 Å². The number of carbonyl (C=O) groups excluding carboxylic acids is 3. The molecule has 0 radical (unpaired) electrons. The Morgan fingerprint density at radius 3 is 2.24 bits per heavy atom. The van der Waals surface area contributed by atoms with Crippen LogP contribution in [0.2, 0.25) is 5.02 Å². The maximum Gasteiger partial charge on any atom is 0.254 e. The first-order chi connectivity index (χ1) is 16.0. The summed E-state index contributed by atoms with van der Waals surface area (Å²) in [6.07, 6.45) is 1.24. The zero-order valence-corrected chi connectivity index (χ0v) is 19.0. The molecule has 0 unspecified atom stereocenters. The molecule has 0 atom stereocenters. The molecule has 6 nitrogen and oxygen atoms in total. The van der Waals surface area contributed by atoms with Gasteiger partial charge in [0.15, 0.2) is 0 Å². The fourth-order valence-electron chi connectivity index (χ4n) is 4.17. The van der Waals surface area contributed by atoms with Crippen LogP contribution in [0.1, 0.15) is 33.6 Å². The fourth-order valence-corrected chi connectivity index (χ4v) is 4.40. The molecule has 1 aliphatic rings. The summed E-state index contributed by atoms with van der Waals surface area (Å²) in [7, 11) is 0. The van der Waals surface area contributed by atoms with Crippen LogP contribution in [0.5, 0.6) is 0 Å². The van der Waals surface area contributed by atoms with Crippen LogP contribution in [0.15, 0.2) is 66.7 Å². The summed E-state index contributed by atoms with van der Waals surface area (Å²) in [5, 5.41) is 8.03. The van der Waals surface area contributed by atoms with Crippen LogP contribution >= 0.6 is 11.6 Å². The third kappa shape index (κ3) is 5.34. The van der Waals surface area contributed by atoms with E-state index in [0.29, 0.717) is 55.2 Å². The first-order valence-corrected chi connectivity index (χ1v) is 11.5. The van der Waals surface area contributed by atoms with E-state index >= 15 is 0 Å². The van der Waals surface area contributed by atoms with Crippen molar-refractivity contribution in [3.8, 4) is 0 Å². The standard InChI is InChI=1S/C26H26ClN3O3/c27-23-11-4-3-9-22(23)25(32)29-15-14-28-24(31)19-12-16-30(17-13-19)26(33)21-10-5-7-18-6-1-2-8-20(18)21/h1-11,19H,12-17H2,(H,28,31)(H,29,32). The van der Waals surface area contributed by atoms with Gasteiger partial charge in [-0.2, -0.15) is 0 Å². The maximum absolute atomic E-state index is 13.1. The molecule has 3 aromatic rings. The average Bonchev–Trinajstić information content (AvgIpc) is 2.86. The van der Waals surface area contributed by atoms with Crippen molar-refractivity contribution >= 4 is 40.1 Å². The normalized spacial score (nSPS) is 14.2. The van der Waals surface area contributed by atoms with Gasteiger partial charge in [0.25, 0.3) is 11.8 Å². The fraction of sp³-hybridized carbons (Fsp3) is 0.269. The molecule has 3 amide bonds. The molecule has 1 saturated heterocycles. The van der Waals surface area contributed by atoms with E-state index in [0.717, 1.165) is 10.8 Å². The molecule has 1 fully saturated rings. The number of halogens is 1. The van der Waals surface area contributed by atoms with Crippen LogP contribution in [0.3, 0.4) is 0 Å². The Morgan fingerprint density at radius 1 is 0.818 bits per heavy atom. The molecule has 0 saturated carbocycles. The number of piperidine rings is 1. The number of hydrogen-bond donors (Lipinski definition) is 2.